The van der Waals surface area contributed by atoms with Crippen LogP contribution in [0.1, 0.15) is 52.4 Å². The molecule has 2 heteroatoms. The van der Waals surface area contributed by atoms with Gasteiger partial charge in [-0.05, 0) is 58.0 Å². The summed E-state index contributed by atoms with van der Waals surface area (Å²) in [4.78, 5) is 2.73. The van der Waals surface area contributed by atoms with Crippen LogP contribution < -0.4 is 5.32 Å². The Bertz CT molecular complexity index is 221. The maximum atomic E-state index is 3.59. The molecule has 1 aliphatic heterocycles. The molecule has 1 saturated carbocycles. The Balaban J connectivity index is 1.88. The van der Waals surface area contributed by atoms with Crippen molar-refractivity contribution < 1.29 is 0 Å². The van der Waals surface area contributed by atoms with E-state index < -0.39 is 0 Å². The van der Waals surface area contributed by atoms with Crippen molar-refractivity contribution in [3.63, 3.8) is 0 Å². The molecular weight excluding hydrogens is 208 g/mol. The molecule has 3 atom stereocenters. The SMILES string of the molecule is CNC(CN1CCCC(C)C1C)C1CCCC1. The Morgan fingerprint density at radius 3 is 2.47 bits per heavy atom. The van der Waals surface area contributed by atoms with Crippen LogP contribution in [0.2, 0.25) is 0 Å². The molecule has 0 aromatic rings. The summed E-state index contributed by atoms with van der Waals surface area (Å²) in [6, 6.07) is 1.51. The summed E-state index contributed by atoms with van der Waals surface area (Å²) in [5.74, 6) is 1.81. The second kappa shape index (κ2) is 6.19. The third kappa shape index (κ3) is 3.23. The summed E-state index contributed by atoms with van der Waals surface area (Å²) >= 11 is 0. The fourth-order valence-electron chi connectivity index (χ4n) is 3.77. The minimum atomic E-state index is 0.727. The third-order valence-corrected chi connectivity index (χ3v) is 5.28. The van der Waals surface area contributed by atoms with Crippen LogP contribution in [-0.2, 0) is 0 Å². The highest BCUT2D eigenvalue weighted by Gasteiger charge is 2.30. The zero-order valence-electron chi connectivity index (χ0n) is 11.9. The second-order valence-electron chi connectivity index (χ2n) is 6.29. The number of hydrogen-bond acceptors (Lipinski definition) is 2. The van der Waals surface area contributed by atoms with E-state index >= 15 is 0 Å². The van der Waals surface area contributed by atoms with E-state index in [0.717, 1.165) is 23.9 Å². The Morgan fingerprint density at radius 1 is 1.12 bits per heavy atom. The van der Waals surface area contributed by atoms with Gasteiger partial charge in [-0.3, -0.25) is 4.90 Å². The van der Waals surface area contributed by atoms with Gasteiger partial charge in [-0.2, -0.15) is 0 Å². The van der Waals surface area contributed by atoms with E-state index in [9.17, 15) is 0 Å². The van der Waals surface area contributed by atoms with E-state index in [2.05, 4.69) is 31.1 Å². The third-order valence-electron chi connectivity index (χ3n) is 5.28. The van der Waals surface area contributed by atoms with Gasteiger partial charge < -0.3 is 5.32 Å². The number of nitrogens with one attached hydrogen (secondary N) is 1. The van der Waals surface area contributed by atoms with Gasteiger partial charge in [0.1, 0.15) is 0 Å². The molecule has 2 aliphatic rings. The number of piperidine rings is 1. The summed E-state index contributed by atoms with van der Waals surface area (Å²) in [5, 5.41) is 3.59. The zero-order chi connectivity index (χ0) is 12.3. The van der Waals surface area contributed by atoms with E-state index in [0.29, 0.717) is 0 Å². The largest absolute Gasteiger partial charge is 0.315 e. The molecule has 1 heterocycles. The molecule has 1 aliphatic carbocycles. The van der Waals surface area contributed by atoms with Crippen molar-refractivity contribution >= 4 is 0 Å². The van der Waals surface area contributed by atoms with Crippen molar-refractivity contribution in [2.45, 2.75) is 64.5 Å². The Kier molecular flexibility index (Phi) is 4.87. The lowest BCUT2D eigenvalue weighted by Crippen LogP contribution is -2.50. The standard InChI is InChI=1S/C15H30N2/c1-12-7-6-10-17(13(12)2)11-15(16-3)14-8-4-5-9-14/h12-16H,4-11H2,1-3H3. The Hall–Kier alpha value is -0.0800. The number of likely N-dealkylation sites (N-methyl/N-ethyl adjacent to an activating group) is 1. The topological polar surface area (TPSA) is 15.3 Å². The minimum absolute atomic E-state index is 0.727. The van der Waals surface area contributed by atoms with E-state index in [-0.39, 0.29) is 0 Å². The number of rotatable bonds is 4. The number of likely N-dealkylation sites (tertiary alicyclic amines) is 1. The van der Waals surface area contributed by atoms with Crippen LogP contribution in [0.15, 0.2) is 0 Å². The lowest BCUT2D eigenvalue weighted by Gasteiger charge is -2.40. The van der Waals surface area contributed by atoms with E-state index in [1.165, 1.54) is 51.6 Å². The normalized spacial score (nSPS) is 34.1. The summed E-state index contributed by atoms with van der Waals surface area (Å²) in [5.41, 5.74) is 0. The van der Waals surface area contributed by atoms with Gasteiger partial charge in [0.05, 0.1) is 0 Å². The zero-order valence-corrected chi connectivity index (χ0v) is 11.9. The molecule has 1 saturated heterocycles. The molecule has 0 radical (unpaired) electrons. The fraction of sp³-hybridized carbons (Fsp3) is 1.00. The van der Waals surface area contributed by atoms with Crippen LogP contribution in [0.4, 0.5) is 0 Å². The second-order valence-corrected chi connectivity index (χ2v) is 6.29. The summed E-state index contributed by atoms with van der Waals surface area (Å²) in [7, 11) is 2.15. The van der Waals surface area contributed by atoms with Crippen LogP contribution in [0.25, 0.3) is 0 Å². The molecule has 2 fully saturated rings. The van der Waals surface area contributed by atoms with Crippen LogP contribution in [0.5, 0.6) is 0 Å². The fourth-order valence-corrected chi connectivity index (χ4v) is 3.77. The van der Waals surface area contributed by atoms with Crippen molar-refractivity contribution in [2.75, 3.05) is 20.1 Å². The van der Waals surface area contributed by atoms with E-state index in [1.807, 2.05) is 0 Å². The maximum Gasteiger partial charge on any atom is 0.0220 e. The highest BCUT2D eigenvalue weighted by atomic mass is 15.2. The number of nitrogens with zero attached hydrogens (tertiary/aromatic N) is 1. The summed E-state index contributed by atoms with van der Waals surface area (Å²) < 4.78 is 0. The van der Waals surface area contributed by atoms with E-state index in [1.54, 1.807) is 0 Å². The molecule has 0 aromatic carbocycles. The van der Waals surface area contributed by atoms with Crippen LogP contribution in [0, 0.1) is 11.8 Å². The van der Waals surface area contributed by atoms with Crippen molar-refractivity contribution in [1.82, 2.24) is 10.2 Å². The van der Waals surface area contributed by atoms with Gasteiger partial charge in [0.2, 0.25) is 0 Å². The predicted molar refractivity (Wildman–Crippen MR) is 74.2 cm³/mol. The first kappa shape index (κ1) is 13.4. The molecule has 0 bridgehead atoms. The molecule has 17 heavy (non-hydrogen) atoms. The van der Waals surface area contributed by atoms with Crippen molar-refractivity contribution in [3.05, 3.63) is 0 Å². The van der Waals surface area contributed by atoms with Crippen LogP contribution in [-0.4, -0.2) is 37.1 Å². The molecule has 1 N–H and O–H groups in total. The smallest absolute Gasteiger partial charge is 0.0220 e. The Morgan fingerprint density at radius 2 is 1.82 bits per heavy atom. The van der Waals surface area contributed by atoms with Gasteiger partial charge in [-0.25, -0.2) is 0 Å². The molecule has 100 valence electrons. The first-order valence-electron chi connectivity index (χ1n) is 7.63. The summed E-state index contributed by atoms with van der Waals surface area (Å²) in [6.45, 7) is 7.43. The van der Waals surface area contributed by atoms with Crippen molar-refractivity contribution in [3.8, 4) is 0 Å². The highest BCUT2D eigenvalue weighted by molar-refractivity contribution is 4.86. The monoisotopic (exact) mass is 238 g/mol. The average molecular weight is 238 g/mol. The Labute approximate surface area is 107 Å². The van der Waals surface area contributed by atoms with Gasteiger partial charge in [0.15, 0.2) is 0 Å². The lowest BCUT2D eigenvalue weighted by atomic mass is 9.90. The molecule has 2 rings (SSSR count). The average Bonchev–Trinajstić information content (AvgIpc) is 2.85. The van der Waals surface area contributed by atoms with Crippen molar-refractivity contribution in [1.29, 1.82) is 0 Å². The highest BCUT2D eigenvalue weighted by Crippen LogP contribution is 2.30. The number of hydrogen-bond donors (Lipinski definition) is 1. The molecular formula is C15H30N2. The molecule has 2 nitrogen and oxygen atoms in total. The van der Waals surface area contributed by atoms with Gasteiger partial charge >= 0.3 is 0 Å². The van der Waals surface area contributed by atoms with Gasteiger partial charge in [0.25, 0.3) is 0 Å². The van der Waals surface area contributed by atoms with E-state index in [4.69, 9.17) is 0 Å². The predicted octanol–water partition coefficient (Wildman–Crippen LogP) is 2.89. The minimum Gasteiger partial charge on any atom is -0.315 e. The maximum absolute atomic E-state index is 3.59. The molecule has 0 aromatic heterocycles. The molecule has 0 amide bonds. The van der Waals surface area contributed by atoms with Crippen molar-refractivity contribution in [2.24, 2.45) is 11.8 Å². The first-order valence-corrected chi connectivity index (χ1v) is 7.63. The first-order chi connectivity index (χ1) is 8.22. The van der Waals surface area contributed by atoms with Gasteiger partial charge in [0, 0.05) is 18.6 Å². The van der Waals surface area contributed by atoms with Crippen LogP contribution >= 0.6 is 0 Å². The van der Waals surface area contributed by atoms with Gasteiger partial charge in [-0.1, -0.05) is 19.8 Å². The molecule has 3 unspecified atom stereocenters. The van der Waals surface area contributed by atoms with Crippen LogP contribution in [0.3, 0.4) is 0 Å². The quantitative estimate of drug-likeness (QED) is 0.810. The molecule has 0 spiro atoms. The summed E-state index contributed by atoms with van der Waals surface area (Å²) in [6.07, 6.45) is 8.62. The lowest BCUT2D eigenvalue weighted by molar-refractivity contribution is 0.0933. The van der Waals surface area contributed by atoms with Gasteiger partial charge in [-0.15, -0.1) is 0 Å².